The van der Waals surface area contributed by atoms with E-state index in [-0.39, 0.29) is 24.4 Å². The van der Waals surface area contributed by atoms with Crippen LogP contribution in [0.15, 0.2) is 12.3 Å². The van der Waals surface area contributed by atoms with Gasteiger partial charge in [-0.1, -0.05) is 0 Å². The number of nitrogens with one attached hydrogen (secondary N) is 1. The summed E-state index contributed by atoms with van der Waals surface area (Å²) in [7, 11) is 0. The number of nitrogens with two attached hydrogens (primary N) is 1. The Kier molecular flexibility index (Phi) is 4.32. The quantitative estimate of drug-likeness (QED) is 0.862. The Bertz CT molecular complexity index is 501. The molecule has 0 bridgehead atoms. The Labute approximate surface area is 118 Å². The number of carbonyl (C=O) groups excluding carboxylic acids is 2. The van der Waals surface area contributed by atoms with Crippen molar-refractivity contribution in [1.29, 1.82) is 0 Å². The Hall–Kier alpha value is -1.98. The summed E-state index contributed by atoms with van der Waals surface area (Å²) in [5.74, 6) is -0.283. The summed E-state index contributed by atoms with van der Waals surface area (Å²) in [5, 5.41) is 2.68. The zero-order chi connectivity index (χ0) is 14.7. The lowest BCUT2D eigenvalue weighted by Gasteiger charge is -2.16. The normalized spacial score (nSPS) is 14.8. The van der Waals surface area contributed by atoms with Crippen LogP contribution in [-0.4, -0.2) is 40.9 Å². The highest BCUT2D eigenvalue weighted by Crippen LogP contribution is 2.16. The van der Waals surface area contributed by atoms with Crippen molar-refractivity contribution in [2.75, 3.05) is 25.4 Å². The van der Waals surface area contributed by atoms with Crippen LogP contribution in [0.2, 0.25) is 0 Å². The second kappa shape index (κ2) is 5.98. The molecule has 0 saturated carbocycles. The van der Waals surface area contributed by atoms with Gasteiger partial charge in [0.2, 0.25) is 5.91 Å². The largest absolute Gasteiger partial charge is 0.397 e. The number of amides is 2. The van der Waals surface area contributed by atoms with Crippen LogP contribution in [0.4, 0.5) is 5.69 Å². The summed E-state index contributed by atoms with van der Waals surface area (Å²) < 4.78 is 1.81. The first-order valence-corrected chi connectivity index (χ1v) is 7.02. The van der Waals surface area contributed by atoms with Gasteiger partial charge in [-0.25, -0.2) is 0 Å². The second-order valence-corrected chi connectivity index (χ2v) is 5.43. The number of anilines is 1. The lowest BCUT2D eigenvalue weighted by molar-refractivity contribution is -0.129. The van der Waals surface area contributed by atoms with E-state index < -0.39 is 0 Å². The maximum Gasteiger partial charge on any atom is 0.268 e. The summed E-state index contributed by atoms with van der Waals surface area (Å²) in [5.41, 5.74) is 6.78. The van der Waals surface area contributed by atoms with Crippen LogP contribution in [0.3, 0.4) is 0 Å². The summed E-state index contributed by atoms with van der Waals surface area (Å²) in [6.07, 6.45) is 3.83. The van der Waals surface area contributed by atoms with Crippen LogP contribution in [0, 0.1) is 0 Å². The van der Waals surface area contributed by atoms with Crippen LogP contribution in [-0.2, 0) is 4.79 Å². The predicted molar refractivity (Wildman–Crippen MR) is 77.4 cm³/mol. The highest BCUT2D eigenvalue weighted by molar-refractivity contribution is 5.96. The molecule has 6 heteroatoms. The molecule has 1 aliphatic rings. The van der Waals surface area contributed by atoms with Crippen LogP contribution in [0.1, 0.15) is 43.2 Å². The van der Waals surface area contributed by atoms with Gasteiger partial charge in [0, 0.05) is 25.3 Å². The van der Waals surface area contributed by atoms with Gasteiger partial charge in [0.1, 0.15) is 5.69 Å². The number of carbonyl (C=O) groups is 2. The third-order valence-corrected chi connectivity index (χ3v) is 3.52. The number of rotatable bonds is 4. The van der Waals surface area contributed by atoms with E-state index in [1.54, 1.807) is 17.2 Å². The molecule has 20 heavy (non-hydrogen) atoms. The van der Waals surface area contributed by atoms with Gasteiger partial charge in [-0.2, -0.15) is 0 Å². The first-order chi connectivity index (χ1) is 9.49. The molecule has 1 aromatic rings. The third kappa shape index (κ3) is 3.12. The summed E-state index contributed by atoms with van der Waals surface area (Å²) >= 11 is 0. The molecule has 1 fully saturated rings. The number of nitrogens with zero attached hydrogens (tertiary/aromatic N) is 2. The molecule has 1 aromatic heterocycles. The first-order valence-electron chi connectivity index (χ1n) is 7.02. The molecule has 0 radical (unpaired) electrons. The SMILES string of the molecule is CC(C)n1cc(N)cc1C(=O)NCC(=O)N1CCCC1. The van der Waals surface area contributed by atoms with Crippen molar-refractivity contribution in [3.63, 3.8) is 0 Å². The van der Waals surface area contributed by atoms with Crippen molar-refractivity contribution < 1.29 is 9.59 Å². The third-order valence-electron chi connectivity index (χ3n) is 3.52. The van der Waals surface area contributed by atoms with Crippen LogP contribution in [0.25, 0.3) is 0 Å². The average molecular weight is 278 g/mol. The van der Waals surface area contributed by atoms with Crippen LogP contribution >= 0.6 is 0 Å². The van der Waals surface area contributed by atoms with E-state index in [2.05, 4.69) is 5.32 Å². The number of hydrogen-bond acceptors (Lipinski definition) is 3. The number of hydrogen-bond donors (Lipinski definition) is 2. The number of nitrogen functional groups attached to an aromatic ring is 1. The van der Waals surface area contributed by atoms with E-state index in [4.69, 9.17) is 5.73 Å². The van der Waals surface area contributed by atoms with Gasteiger partial charge in [0.25, 0.3) is 5.91 Å². The molecular formula is C14H22N4O2. The number of likely N-dealkylation sites (tertiary alicyclic amines) is 1. The van der Waals surface area contributed by atoms with E-state index in [0.717, 1.165) is 25.9 Å². The van der Waals surface area contributed by atoms with Gasteiger partial charge >= 0.3 is 0 Å². The van der Waals surface area contributed by atoms with Crippen molar-refractivity contribution in [2.45, 2.75) is 32.7 Å². The molecule has 6 nitrogen and oxygen atoms in total. The molecule has 1 saturated heterocycles. The Balaban J connectivity index is 1.96. The number of aromatic nitrogens is 1. The Morgan fingerprint density at radius 3 is 2.60 bits per heavy atom. The minimum atomic E-state index is -0.261. The maximum atomic E-state index is 12.1. The monoisotopic (exact) mass is 278 g/mol. The Morgan fingerprint density at radius 2 is 2.00 bits per heavy atom. The smallest absolute Gasteiger partial charge is 0.268 e. The van der Waals surface area contributed by atoms with Crippen molar-refractivity contribution >= 4 is 17.5 Å². The fraction of sp³-hybridized carbons (Fsp3) is 0.571. The molecule has 2 rings (SSSR count). The van der Waals surface area contributed by atoms with Gasteiger partial charge in [-0.05, 0) is 32.8 Å². The molecule has 0 spiro atoms. The van der Waals surface area contributed by atoms with E-state index in [1.807, 2.05) is 18.4 Å². The summed E-state index contributed by atoms with van der Waals surface area (Å²) in [6, 6.07) is 1.78. The Morgan fingerprint density at radius 1 is 1.35 bits per heavy atom. The molecule has 1 aliphatic heterocycles. The minimum Gasteiger partial charge on any atom is -0.397 e. The van der Waals surface area contributed by atoms with Gasteiger partial charge in [0.15, 0.2) is 0 Å². The highest BCUT2D eigenvalue weighted by Gasteiger charge is 2.20. The topological polar surface area (TPSA) is 80.4 Å². The molecular weight excluding hydrogens is 256 g/mol. The van der Waals surface area contributed by atoms with E-state index in [1.165, 1.54) is 0 Å². The molecule has 0 aliphatic carbocycles. The van der Waals surface area contributed by atoms with Gasteiger partial charge < -0.3 is 20.5 Å². The minimum absolute atomic E-state index is 0.0218. The lowest BCUT2D eigenvalue weighted by atomic mass is 10.3. The maximum absolute atomic E-state index is 12.1. The zero-order valence-electron chi connectivity index (χ0n) is 12.1. The van der Waals surface area contributed by atoms with E-state index in [0.29, 0.717) is 11.4 Å². The van der Waals surface area contributed by atoms with Crippen molar-refractivity contribution in [2.24, 2.45) is 0 Å². The van der Waals surface area contributed by atoms with Crippen LogP contribution < -0.4 is 11.1 Å². The standard InChI is InChI=1S/C14H22N4O2/c1-10(2)18-9-11(15)7-12(18)14(20)16-8-13(19)17-5-3-4-6-17/h7,9-10H,3-6,8,15H2,1-2H3,(H,16,20). The molecule has 0 atom stereocenters. The lowest BCUT2D eigenvalue weighted by Crippen LogP contribution is -2.39. The fourth-order valence-corrected chi connectivity index (χ4v) is 2.43. The fourth-order valence-electron chi connectivity index (χ4n) is 2.43. The van der Waals surface area contributed by atoms with Gasteiger partial charge in [-0.15, -0.1) is 0 Å². The highest BCUT2D eigenvalue weighted by atomic mass is 16.2. The predicted octanol–water partition coefficient (Wildman–Crippen LogP) is 1.00. The van der Waals surface area contributed by atoms with Crippen molar-refractivity contribution in [1.82, 2.24) is 14.8 Å². The summed E-state index contributed by atoms with van der Waals surface area (Å²) in [6.45, 7) is 5.59. The average Bonchev–Trinajstić information content (AvgIpc) is 3.04. The molecule has 2 heterocycles. The van der Waals surface area contributed by atoms with Gasteiger partial charge in [0.05, 0.1) is 12.2 Å². The summed E-state index contributed by atoms with van der Waals surface area (Å²) in [4.78, 5) is 25.8. The molecule has 3 N–H and O–H groups in total. The molecule has 0 unspecified atom stereocenters. The molecule has 2 amide bonds. The van der Waals surface area contributed by atoms with E-state index in [9.17, 15) is 9.59 Å². The van der Waals surface area contributed by atoms with Crippen molar-refractivity contribution in [3.05, 3.63) is 18.0 Å². The van der Waals surface area contributed by atoms with Gasteiger partial charge in [-0.3, -0.25) is 9.59 Å². The second-order valence-electron chi connectivity index (χ2n) is 5.43. The van der Waals surface area contributed by atoms with E-state index >= 15 is 0 Å². The zero-order valence-corrected chi connectivity index (χ0v) is 12.1. The first kappa shape index (κ1) is 14.4. The molecule has 110 valence electrons. The van der Waals surface area contributed by atoms with Crippen LogP contribution in [0.5, 0.6) is 0 Å². The van der Waals surface area contributed by atoms with Crippen molar-refractivity contribution in [3.8, 4) is 0 Å². The molecule has 0 aromatic carbocycles.